The van der Waals surface area contributed by atoms with Crippen molar-refractivity contribution in [3.05, 3.63) is 0 Å². The minimum Gasteiger partial charge on any atom is -0.385 e. The van der Waals surface area contributed by atoms with Gasteiger partial charge < -0.3 is 20.3 Å². The Morgan fingerprint density at radius 3 is 2.75 bits per heavy atom. The van der Waals surface area contributed by atoms with Gasteiger partial charge >= 0.3 is 11.8 Å². The van der Waals surface area contributed by atoms with Crippen LogP contribution in [0.15, 0.2) is 0 Å². The second-order valence-electron chi connectivity index (χ2n) is 5.99. The number of carbonyl (C=O) groups is 2. The zero-order valence-corrected chi connectivity index (χ0v) is 12.8. The fraction of sp³-hybridized carbons (Fsp3) is 0.857. The van der Waals surface area contributed by atoms with E-state index in [1.165, 1.54) is 0 Å². The SMILES string of the molecule is COCCC(C)(C)CNC(=O)C(=O)N1CCCNCC1. The van der Waals surface area contributed by atoms with Gasteiger partial charge in [0.2, 0.25) is 0 Å². The van der Waals surface area contributed by atoms with Gasteiger partial charge in [-0.05, 0) is 24.8 Å². The van der Waals surface area contributed by atoms with Gasteiger partial charge in [0.15, 0.2) is 0 Å². The number of carbonyl (C=O) groups excluding carboxylic acids is 2. The van der Waals surface area contributed by atoms with Crippen molar-refractivity contribution < 1.29 is 14.3 Å². The first-order valence-electron chi connectivity index (χ1n) is 7.23. The normalized spacial score (nSPS) is 16.6. The molecule has 6 nitrogen and oxygen atoms in total. The van der Waals surface area contributed by atoms with E-state index in [0.717, 1.165) is 25.9 Å². The zero-order valence-electron chi connectivity index (χ0n) is 12.8. The molecule has 1 saturated heterocycles. The average Bonchev–Trinajstić information content (AvgIpc) is 2.71. The van der Waals surface area contributed by atoms with Crippen LogP contribution in [0, 0.1) is 5.41 Å². The molecule has 0 aromatic heterocycles. The summed E-state index contributed by atoms with van der Waals surface area (Å²) < 4.78 is 5.05. The third-order valence-corrected chi connectivity index (χ3v) is 3.53. The van der Waals surface area contributed by atoms with Crippen molar-refractivity contribution in [1.82, 2.24) is 15.5 Å². The number of hydrogen-bond acceptors (Lipinski definition) is 4. The maximum atomic E-state index is 12.0. The Hall–Kier alpha value is -1.14. The third kappa shape index (κ3) is 5.88. The predicted molar refractivity (Wildman–Crippen MR) is 77.4 cm³/mol. The van der Waals surface area contributed by atoms with Gasteiger partial charge in [0.1, 0.15) is 0 Å². The maximum absolute atomic E-state index is 12.0. The summed E-state index contributed by atoms with van der Waals surface area (Å²) in [6.45, 7) is 8.11. The molecule has 0 spiro atoms. The van der Waals surface area contributed by atoms with Crippen LogP contribution in [0.2, 0.25) is 0 Å². The van der Waals surface area contributed by atoms with Gasteiger partial charge in [-0.25, -0.2) is 0 Å². The summed E-state index contributed by atoms with van der Waals surface area (Å²) in [4.78, 5) is 25.6. The van der Waals surface area contributed by atoms with Crippen LogP contribution < -0.4 is 10.6 Å². The molecule has 0 aliphatic carbocycles. The molecule has 2 amide bonds. The summed E-state index contributed by atoms with van der Waals surface area (Å²) in [5.41, 5.74) is -0.0771. The van der Waals surface area contributed by atoms with Crippen molar-refractivity contribution in [3.8, 4) is 0 Å². The van der Waals surface area contributed by atoms with Gasteiger partial charge in [-0.1, -0.05) is 13.8 Å². The molecule has 1 aliphatic heterocycles. The molecule has 0 aromatic rings. The number of amides is 2. The van der Waals surface area contributed by atoms with E-state index in [9.17, 15) is 9.59 Å². The number of nitrogens with one attached hydrogen (secondary N) is 2. The van der Waals surface area contributed by atoms with E-state index < -0.39 is 11.8 Å². The van der Waals surface area contributed by atoms with Crippen molar-refractivity contribution >= 4 is 11.8 Å². The van der Waals surface area contributed by atoms with Crippen molar-refractivity contribution in [2.75, 3.05) is 46.4 Å². The van der Waals surface area contributed by atoms with Crippen LogP contribution in [0.25, 0.3) is 0 Å². The Labute approximate surface area is 121 Å². The van der Waals surface area contributed by atoms with E-state index in [-0.39, 0.29) is 5.41 Å². The van der Waals surface area contributed by atoms with E-state index in [1.54, 1.807) is 12.0 Å². The average molecular weight is 285 g/mol. The Morgan fingerprint density at radius 1 is 1.30 bits per heavy atom. The van der Waals surface area contributed by atoms with Crippen LogP contribution in [0.5, 0.6) is 0 Å². The highest BCUT2D eigenvalue weighted by atomic mass is 16.5. The maximum Gasteiger partial charge on any atom is 0.311 e. The van der Waals surface area contributed by atoms with E-state index in [4.69, 9.17) is 4.74 Å². The molecule has 6 heteroatoms. The first-order chi connectivity index (χ1) is 9.46. The zero-order chi connectivity index (χ0) is 15.0. The van der Waals surface area contributed by atoms with Crippen LogP contribution >= 0.6 is 0 Å². The summed E-state index contributed by atoms with van der Waals surface area (Å²) in [7, 11) is 1.66. The molecule has 20 heavy (non-hydrogen) atoms. The Balaban J connectivity index is 2.39. The van der Waals surface area contributed by atoms with Gasteiger partial charge in [0.25, 0.3) is 0 Å². The van der Waals surface area contributed by atoms with Gasteiger partial charge in [-0.15, -0.1) is 0 Å². The molecule has 0 unspecified atom stereocenters. The summed E-state index contributed by atoms with van der Waals surface area (Å²) in [6, 6.07) is 0. The smallest absolute Gasteiger partial charge is 0.311 e. The highest BCUT2D eigenvalue weighted by Gasteiger charge is 2.25. The number of hydrogen-bond donors (Lipinski definition) is 2. The first-order valence-corrected chi connectivity index (χ1v) is 7.23. The Morgan fingerprint density at radius 2 is 2.05 bits per heavy atom. The van der Waals surface area contributed by atoms with Gasteiger partial charge in [0, 0.05) is 39.9 Å². The number of methoxy groups -OCH3 is 1. The van der Waals surface area contributed by atoms with E-state index in [0.29, 0.717) is 26.2 Å². The lowest BCUT2D eigenvalue weighted by Gasteiger charge is -2.25. The second kappa shape index (κ2) is 8.21. The summed E-state index contributed by atoms with van der Waals surface area (Å²) >= 11 is 0. The summed E-state index contributed by atoms with van der Waals surface area (Å²) in [5.74, 6) is -0.923. The Bertz CT molecular complexity index is 324. The van der Waals surface area contributed by atoms with Crippen LogP contribution in [-0.4, -0.2) is 63.2 Å². The molecule has 116 valence electrons. The van der Waals surface area contributed by atoms with Crippen LogP contribution in [0.1, 0.15) is 26.7 Å². The fourth-order valence-corrected chi connectivity index (χ4v) is 2.05. The standard InChI is InChI=1S/C14H27N3O3/c1-14(2,5-10-20-3)11-16-12(18)13(19)17-8-4-6-15-7-9-17/h15H,4-11H2,1-3H3,(H,16,18). The molecule has 1 aliphatic rings. The highest BCUT2D eigenvalue weighted by molar-refractivity contribution is 6.35. The summed E-state index contributed by atoms with van der Waals surface area (Å²) in [5, 5.41) is 5.95. The van der Waals surface area contributed by atoms with Crippen LogP contribution in [-0.2, 0) is 14.3 Å². The molecule has 0 radical (unpaired) electrons. The second-order valence-corrected chi connectivity index (χ2v) is 5.99. The molecular weight excluding hydrogens is 258 g/mol. The van der Waals surface area contributed by atoms with Gasteiger partial charge in [0.05, 0.1) is 0 Å². The number of rotatable bonds is 5. The minimum absolute atomic E-state index is 0.0771. The van der Waals surface area contributed by atoms with E-state index in [1.807, 2.05) is 13.8 Å². The number of ether oxygens (including phenoxy) is 1. The predicted octanol–water partition coefficient (Wildman–Crippen LogP) is -0.0128. The lowest BCUT2D eigenvalue weighted by molar-refractivity contribution is -0.145. The molecule has 0 aromatic carbocycles. The molecule has 1 heterocycles. The first kappa shape index (κ1) is 16.9. The third-order valence-electron chi connectivity index (χ3n) is 3.53. The molecular formula is C14H27N3O3. The van der Waals surface area contributed by atoms with E-state index in [2.05, 4.69) is 10.6 Å². The van der Waals surface area contributed by atoms with Crippen molar-refractivity contribution in [2.45, 2.75) is 26.7 Å². The number of nitrogens with zero attached hydrogens (tertiary/aromatic N) is 1. The summed E-state index contributed by atoms with van der Waals surface area (Å²) in [6.07, 6.45) is 1.73. The van der Waals surface area contributed by atoms with Crippen LogP contribution in [0.3, 0.4) is 0 Å². The molecule has 0 saturated carbocycles. The van der Waals surface area contributed by atoms with Crippen molar-refractivity contribution in [2.24, 2.45) is 5.41 Å². The highest BCUT2D eigenvalue weighted by Crippen LogP contribution is 2.18. The Kier molecular flexibility index (Phi) is 6.95. The topological polar surface area (TPSA) is 70.7 Å². The van der Waals surface area contributed by atoms with Crippen molar-refractivity contribution in [3.63, 3.8) is 0 Å². The van der Waals surface area contributed by atoms with Gasteiger partial charge in [-0.3, -0.25) is 9.59 Å². The van der Waals surface area contributed by atoms with Crippen molar-refractivity contribution in [1.29, 1.82) is 0 Å². The molecule has 0 atom stereocenters. The van der Waals surface area contributed by atoms with Crippen LogP contribution in [0.4, 0.5) is 0 Å². The fourth-order valence-electron chi connectivity index (χ4n) is 2.05. The lowest BCUT2D eigenvalue weighted by Crippen LogP contribution is -2.46. The molecule has 2 N–H and O–H groups in total. The molecule has 1 fully saturated rings. The lowest BCUT2D eigenvalue weighted by atomic mass is 9.90. The van der Waals surface area contributed by atoms with Gasteiger partial charge in [-0.2, -0.15) is 0 Å². The monoisotopic (exact) mass is 285 g/mol. The largest absolute Gasteiger partial charge is 0.385 e. The quantitative estimate of drug-likeness (QED) is 0.697. The van der Waals surface area contributed by atoms with E-state index >= 15 is 0 Å². The molecule has 0 bridgehead atoms. The molecule has 1 rings (SSSR count). The minimum atomic E-state index is -0.502.